The third kappa shape index (κ3) is 7.85. The number of hydrogen-bond donors (Lipinski definition) is 8. The number of hydrogen-bond acceptors (Lipinski definition) is 8. The van der Waals surface area contributed by atoms with E-state index >= 15 is 0 Å². The molecule has 0 aromatic carbocycles. The Bertz CT molecular complexity index is 707. The van der Waals surface area contributed by atoms with E-state index in [-0.39, 0.29) is 6.42 Å². The van der Waals surface area contributed by atoms with Gasteiger partial charge in [0.15, 0.2) is 6.04 Å². The Morgan fingerprint density at radius 3 is 2.28 bits per heavy atom. The lowest BCUT2D eigenvalue weighted by Crippen LogP contribution is -2.56. The lowest BCUT2D eigenvalue weighted by atomic mass is 10.1. The zero-order valence-electron chi connectivity index (χ0n) is 16.0. The molecule has 1 aromatic rings. The molecule has 5 unspecified atom stereocenters. The minimum absolute atomic E-state index is 0.0507. The molecule has 0 saturated heterocycles. The van der Waals surface area contributed by atoms with E-state index in [1.54, 1.807) is 0 Å². The summed E-state index contributed by atoms with van der Waals surface area (Å²) in [4.78, 5) is 54.0. The molecule has 0 bridgehead atoms. The van der Waals surface area contributed by atoms with Gasteiger partial charge in [-0.2, -0.15) is 0 Å². The number of carboxylic acids is 1. The SMILES string of the molecule is CC(O)C(N)C(=O)NCC(=O)NC(Cc1cnc[nH]1)C(=O)NC(C(=O)O)C(C)O. The number of rotatable bonds is 11. The van der Waals surface area contributed by atoms with Gasteiger partial charge in [0.1, 0.15) is 12.1 Å². The van der Waals surface area contributed by atoms with Gasteiger partial charge < -0.3 is 42.0 Å². The fourth-order valence-electron chi connectivity index (χ4n) is 2.22. The molecule has 1 rings (SSSR count). The van der Waals surface area contributed by atoms with Crippen molar-refractivity contribution in [3.8, 4) is 0 Å². The van der Waals surface area contributed by atoms with Gasteiger partial charge in [0, 0.05) is 18.3 Å². The molecular formula is C16H26N6O7. The van der Waals surface area contributed by atoms with Gasteiger partial charge in [-0.15, -0.1) is 0 Å². The fourth-order valence-corrected chi connectivity index (χ4v) is 2.22. The average Bonchev–Trinajstić information content (AvgIpc) is 3.15. The second kappa shape index (κ2) is 11.1. The van der Waals surface area contributed by atoms with E-state index in [9.17, 15) is 29.4 Å². The van der Waals surface area contributed by atoms with Crippen LogP contribution in [0.5, 0.6) is 0 Å². The number of aromatic amines is 1. The standard InChI is InChI=1S/C16H26N6O7/c1-7(23)12(17)15(27)19-5-11(25)21-10(3-9-4-18-6-20-9)14(26)22-13(8(2)24)16(28)29/h4,6-8,10,12-13,23-24H,3,5,17H2,1-2H3,(H,18,20)(H,19,27)(H,21,25)(H,22,26)(H,28,29). The molecule has 162 valence electrons. The number of H-pyrrole nitrogens is 1. The van der Waals surface area contributed by atoms with Crippen LogP contribution in [0.3, 0.4) is 0 Å². The summed E-state index contributed by atoms with van der Waals surface area (Å²) < 4.78 is 0. The molecule has 0 fully saturated rings. The summed E-state index contributed by atoms with van der Waals surface area (Å²) >= 11 is 0. The predicted molar refractivity (Wildman–Crippen MR) is 98.1 cm³/mol. The van der Waals surface area contributed by atoms with Crippen molar-refractivity contribution in [2.75, 3.05) is 6.54 Å². The average molecular weight is 414 g/mol. The second-order valence-electron chi connectivity index (χ2n) is 6.45. The molecule has 0 saturated carbocycles. The zero-order valence-corrected chi connectivity index (χ0v) is 16.0. The molecule has 13 nitrogen and oxygen atoms in total. The summed E-state index contributed by atoms with van der Waals surface area (Å²) in [5, 5.41) is 34.6. The highest BCUT2D eigenvalue weighted by Gasteiger charge is 2.30. The number of nitrogens with zero attached hydrogens (tertiary/aromatic N) is 1. The van der Waals surface area contributed by atoms with Crippen LogP contribution in [0, 0.1) is 0 Å². The van der Waals surface area contributed by atoms with Crippen molar-refractivity contribution < 1.29 is 34.5 Å². The molecule has 1 aromatic heterocycles. The van der Waals surface area contributed by atoms with Crippen molar-refractivity contribution in [3.05, 3.63) is 18.2 Å². The molecule has 0 spiro atoms. The van der Waals surface area contributed by atoms with Gasteiger partial charge in [0.25, 0.3) is 0 Å². The molecule has 0 aliphatic heterocycles. The van der Waals surface area contributed by atoms with E-state index < -0.39 is 60.6 Å². The first kappa shape index (κ1) is 24.0. The Morgan fingerprint density at radius 2 is 1.79 bits per heavy atom. The number of aliphatic hydroxyl groups is 2. The van der Waals surface area contributed by atoms with Gasteiger partial charge in [-0.1, -0.05) is 0 Å². The summed E-state index contributed by atoms with van der Waals surface area (Å²) in [5.74, 6) is -3.81. The van der Waals surface area contributed by atoms with Crippen LogP contribution in [0.4, 0.5) is 0 Å². The second-order valence-corrected chi connectivity index (χ2v) is 6.45. The van der Waals surface area contributed by atoms with Crippen molar-refractivity contribution in [2.24, 2.45) is 5.73 Å². The molecular weight excluding hydrogens is 388 g/mol. The first-order valence-corrected chi connectivity index (χ1v) is 8.72. The maximum atomic E-state index is 12.5. The van der Waals surface area contributed by atoms with Gasteiger partial charge >= 0.3 is 5.97 Å². The predicted octanol–water partition coefficient (Wildman–Crippen LogP) is -3.79. The molecule has 0 aliphatic carbocycles. The minimum Gasteiger partial charge on any atom is -0.480 e. The number of carbonyl (C=O) groups excluding carboxylic acids is 3. The molecule has 13 heteroatoms. The number of amides is 3. The first-order chi connectivity index (χ1) is 13.5. The van der Waals surface area contributed by atoms with Crippen LogP contribution < -0.4 is 21.7 Å². The molecule has 29 heavy (non-hydrogen) atoms. The van der Waals surface area contributed by atoms with Crippen molar-refractivity contribution in [1.29, 1.82) is 0 Å². The van der Waals surface area contributed by atoms with E-state index in [4.69, 9.17) is 10.8 Å². The number of aliphatic carboxylic acids is 1. The fraction of sp³-hybridized carbons (Fsp3) is 0.562. The summed E-state index contributed by atoms with van der Waals surface area (Å²) in [6, 6.07) is -4.02. The van der Waals surface area contributed by atoms with Crippen molar-refractivity contribution in [3.63, 3.8) is 0 Å². The zero-order chi connectivity index (χ0) is 22.1. The van der Waals surface area contributed by atoms with E-state index in [1.807, 2.05) is 0 Å². The highest BCUT2D eigenvalue weighted by atomic mass is 16.4. The first-order valence-electron chi connectivity index (χ1n) is 8.72. The Morgan fingerprint density at radius 1 is 1.14 bits per heavy atom. The van der Waals surface area contributed by atoms with Crippen LogP contribution in [0.2, 0.25) is 0 Å². The normalized spacial score (nSPS) is 16.0. The maximum Gasteiger partial charge on any atom is 0.328 e. The lowest BCUT2D eigenvalue weighted by Gasteiger charge is -2.22. The third-order valence-corrected chi connectivity index (χ3v) is 3.92. The van der Waals surface area contributed by atoms with Gasteiger partial charge in [0.05, 0.1) is 25.1 Å². The van der Waals surface area contributed by atoms with Crippen LogP contribution in [-0.4, -0.2) is 85.9 Å². The van der Waals surface area contributed by atoms with Crippen LogP contribution in [0.15, 0.2) is 12.5 Å². The quantitative estimate of drug-likeness (QED) is 0.178. The smallest absolute Gasteiger partial charge is 0.328 e. The van der Waals surface area contributed by atoms with E-state index in [1.165, 1.54) is 26.4 Å². The largest absolute Gasteiger partial charge is 0.480 e. The molecule has 3 amide bonds. The van der Waals surface area contributed by atoms with Crippen LogP contribution in [-0.2, 0) is 25.6 Å². The van der Waals surface area contributed by atoms with E-state index in [2.05, 4.69) is 25.9 Å². The summed E-state index contributed by atoms with van der Waals surface area (Å²) in [5.41, 5.74) is 5.93. The van der Waals surface area contributed by atoms with Crippen LogP contribution in [0.25, 0.3) is 0 Å². The number of nitrogens with two attached hydrogens (primary N) is 1. The maximum absolute atomic E-state index is 12.5. The van der Waals surface area contributed by atoms with E-state index in [0.717, 1.165) is 0 Å². The monoisotopic (exact) mass is 414 g/mol. The van der Waals surface area contributed by atoms with Crippen LogP contribution in [0.1, 0.15) is 19.5 Å². The van der Waals surface area contributed by atoms with E-state index in [0.29, 0.717) is 5.69 Å². The van der Waals surface area contributed by atoms with Crippen LogP contribution >= 0.6 is 0 Å². The third-order valence-electron chi connectivity index (χ3n) is 3.92. The Hall–Kier alpha value is -3.03. The Balaban J connectivity index is 2.79. The Labute approximate surface area is 166 Å². The summed E-state index contributed by atoms with van der Waals surface area (Å²) in [7, 11) is 0. The van der Waals surface area contributed by atoms with Gasteiger partial charge in [0.2, 0.25) is 17.7 Å². The summed E-state index contributed by atoms with van der Waals surface area (Å²) in [6.45, 7) is 1.99. The molecule has 1 heterocycles. The number of carboxylic acid groups (broad SMARTS) is 1. The number of imidazole rings is 1. The molecule has 5 atom stereocenters. The highest BCUT2D eigenvalue weighted by molar-refractivity contribution is 5.92. The van der Waals surface area contributed by atoms with Gasteiger partial charge in [-0.25, -0.2) is 9.78 Å². The number of aromatic nitrogens is 2. The Kier molecular flexibility index (Phi) is 9.18. The topological polar surface area (TPSA) is 220 Å². The lowest BCUT2D eigenvalue weighted by molar-refractivity contribution is -0.145. The van der Waals surface area contributed by atoms with Gasteiger partial charge in [-0.05, 0) is 13.8 Å². The highest BCUT2D eigenvalue weighted by Crippen LogP contribution is 2.01. The van der Waals surface area contributed by atoms with Gasteiger partial charge in [-0.3, -0.25) is 14.4 Å². The minimum atomic E-state index is -1.58. The number of carbonyl (C=O) groups is 4. The number of aliphatic hydroxyl groups excluding tert-OH is 2. The molecule has 0 aliphatic rings. The molecule has 0 radical (unpaired) electrons. The van der Waals surface area contributed by atoms with Crippen molar-refractivity contribution in [2.45, 2.75) is 50.6 Å². The van der Waals surface area contributed by atoms with Crippen molar-refractivity contribution >= 4 is 23.7 Å². The van der Waals surface area contributed by atoms with Crippen molar-refractivity contribution in [1.82, 2.24) is 25.9 Å². The molecule has 9 N–H and O–H groups in total. The summed E-state index contributed by atoms with van der Waals surface area (Å²) in [6.07, 6.45) is 0.232. The number of nitrogens with one attached hydrogen (secondary N) is 4.